The smallest absolute Gasteiger partial charge is 0.285 e. The molecule has 14 heavy (non-hydrogen) atoms. The Labute approximate surface area is 82.9 Å². The van der Waals surface area contributed by atoms with E-state index in [1.54, 1.807) is 24.1 Å². The van der Waals surface area contributed by atoms with Crippen molar-refractivity contribution in [3.05, 3.63) is 23.8 Å². The molecule has 1 heterocycles. The highest BCUT2D eigenvalue weighted by molar-refractivity contribution is 7.90. The molecule has 4 nitrogen and oxygen atoms in total. The first kappa shape index (κ1) is 9.21. The topological polar surface area (TPSA) is 49.7 Å². The van der Waals surface area contributed by atoms with Crippen molar-refractivity contribution >= 4 is 22.0 Å². The molecule has 0 atom stereocenters. The van der Waals surface area contributed by atoms with Crippen LogP contribution in [0.2, 0.25) is 0 Å². The zero-order valence-electron chi connectivity index (χ0n) is 7.93. The maximum Gasteiger partial charge on any atom is 0.285 e. The third kappa shape index (κ3) is 1.29. The molecule has 1 aromatic carbocycles. The minimum atomic E-state index is -3.47. The second-order valence-electron chi connectivity index (χ2n) is 3.28. The number of hydrogen-bond acceptors (Lipinski definition) is 3. The van der Waals surface area contributed by atoms with Crippen molar-refractivity contribution in [3.63, 3.8) is 0 Å². The summed E-state index contributed by atoms with van der Waals surface area (Å²) in [6, 6.07) is 5.30. The van der Waals surface area contributed by atoms with Gasteiger partial charge in [-0.25, -0.2) is 0 Å². The highest BCUT2D eigenvalue weighted by atomic mass is 32.2. The van der Waals surface area contributed by atoms with E-state index in [0.717, 1.165) is 5.56 Å². The average Bonchev–Trinajstić information content (AvgIpc) is 2.12. The Balaban J connectivity index is 2.76. The van der Waals surface area contributed by atoms with Crippen LogP contribution in [0.5, 0.6) is 0 Å². The summed E-state index contributed by atoms with van der Waals surface area (Å²) in [5, 5.41) is 0. The number of sulfonamides is 1. The van der Waals surface area contributed by atoms with Crippen LogP contribution in [-0.4, -0.2) is 21.8 Å². The van der Waals surface area contributed by atoms with Crippen molar-refractivity contribution < 1.29 is 8.42 Å². The molecule has 0 saturated carbocycles. The summed E-state index contributed by atoms with van der Waals surface area (Å²) in [5.41, 5.74) is 1.59. The van der Waals surface area contributed by atoms with Crippen LogP contribution in [0.15, 0.2) is 27.5 Å². The highest BCUT2D eigenvalue weighted by Crippen LogP contribution is 2.29. The first-order valence-corrected chi connectivity index (χ1v) is 5.59. The normalized spacial score (nSPS) is 18.0. The maximum atomic E-state index is 11.5. The summed E-state index contributed by atoms with van der Waals surface area (Å²) in [5.74, 6) is 0. The monoisotopic (exact) mass is 210 g/mol. The molecule has 0 radical (unpaired) electrons. The molecule has 0 saturated heterocycles. The Kier molecular flexibility index (Phi) is 1.85. The van der Waals surface area contributed by atoms with Crippen LogP contribution in [0, 0.1) is 6.92 Å². The minimum Gasteiger partial charge on any atom is -0.334 e. The van der Waals surface area contributed by atoms with E-state index >= 15 is 0 Å². The minimum absolute atomic E-state index is 0.280. The van der Waals surface area contributed by atoms with Gasteiger partial charge >= 0.3 is 0 Å². The summed E-state index contributed by atoms with van der Waals surface area (Å²) in [6.07, 6.45) is 1.31. The second-order valence-corrected chi connectivity index (χ2v) is 4.88. The molecule has 0 spiro atoms. The fourth-order valence-corrected chi connectivity index (χ4v) is 2.56. The number of rotatable bonds is 0. The van der Waals surface area contributed by atoms with Gasteiger partial charge in [-0.15, -0.1) is 4.40 Å². The Morgan fingerprint density at radius 3 is 2.79 bits per heavy atom. The summed E-state index contributed by atoms with van der Waals surface area (Å²) in [4.78, 5) is 1.97. The third-order valence-corrected chi connectivity index (χ3v) is 3.39. The molecule has 74 valence electrons. The number of benzene rings is 1. The summed E-state index contributed by atoms with van der Waals surface area (Å²) in [7, 11) is -1.70. The lowest BCUT2D eigenvalue weighted by Gasteiger charge is -2.20. The first-order valence-electron chi connectivity index (χ1n) is 4.15. The molecule has 1 aliphatic rings. The van der Waals surface area contributed by atoms with Gasteiger partial charge in [0.05, 0.1) is 5.69 Å². The van der Waals surface area contributed by atoms with Crippen molar-refractivity contribution in [1.29, 1.82) is 0 Å². The van der Waals surface area contributed by atoms with Crippen LogP contribution in [0.1, 0.15) is 5.56 Å². The van der Waals surface area contributed by atoms with Crippen LogP contribution in [0.4, 0.5) is 5.69 Å². The van der Waals surface area contributed by atoms with E-state index in [9.17, 15) is 8.42 Å². The lowest BCUT2D eigenvalue weighted by Crippen LogP contribution is -2.22. The highest BCUT2D eigenvalue weighted by Gasteiger charge is 2.23. The molecular formula is C9H10N2O2S. The fraction of sp³-hybridized carbons (Fsp3) is 0.222. The van der Waals surface area contributed by atoms with Gasteiger partial charge in [0.15, 0.2) is 0 Å². The van der Waals surface area contributed by atoms with Gasteiger partial charge in [-0.2, -0.15) is 8.42 Å². The molecule has 0 amide bonds. The lowest BCUT2D eigenvalue weighted by atomic mass is 10.2. The number of fused-ring (bicyclic) bond motifs is 1. The van der Waals surface area contributed by atoms with Gasteiger partial charge in [-0.05, 0) is 24.6 Å². The molecular weight excluding hydrogens is 200 g/mol. The van der Waals surface area contributed by atoms with Crippen LogP contribution in [-0.2, 0) is 10.0 Å². The molecule has 0 aliphatic carbocycles. The van der Waals surface area contributed by atoms with Crippen LogP contribution in [0.25, 0.3) is 0 Å². The summed E-state index contributed by atoms with van der Waals surface area (Å²) >= 11 is 0. The first-order chi connectivity index (χ1) is 6.50. The molecule has 5 heteroatoms. The van der Waals surface area contributed by atoms with E-state index in [0.29, 0.717) is 5.69 Å². The lowest BCUT2D eigenvalue weighted by molar-refractivity contribution is 0.597. The Bertz CT molecular complexity index is 506. The average molecular weight is 210 g/mol. The van der Waals surface area contributed by atoms with E-state index < -0.39 is 10.0 Å². The van der Waals surface area contributed by atoms with Gasteiger partial charge < -0.3 is 4.90 Å². The van der Waals surface area contributed by atoms with Crippen molar-refractivity contribution in [2.24, 2.45) is 4.40 Å². The molecule has 0 N–H and O–H groups in total. The van der Waals surface area contributed by atoms with Crippen LogP contribution >= 0.6 is 0 Å². The van der Waals surface area contributed by atoms with Gasteiger partial charge in [0.1, 0.15) is 11.2 Å². The Morgan fingerprint density at radius 1 is 1.36 bits per heavy atom. The van der Waals surface area contributed by atoms with Crippen LogP contribution in [0.3, 0.4) is 0 Å². The quantitative estimate of drug-likeness (QED) is 0.645. The zero-order chi connectivity index (χ0) is 10.3. The number of aryl methyl sites for hydroxylation is 1. The van der Waals surface area contributed by atoms with Gasteiger partial charge in [-0.3, -0.25) is 0 Å². The molecule has 1 aromatic rings. The second kappa shape index (κ2) is 2.81. The summed E-state index contributed by atoms with van der Waals surface area (Å²) in [6.45, 7) is 1.86. The zero-order valence-corrected chi connectivity index (χ0v) is 8.75. The molecule has 0 unspecified atom stereocenters. The van der Waals surface area contributed by atoms with Crippen molar-refractivity contribution in [3.8, 4) is 0 Å². The van der Waals surface area contributed by atoms with Gasteiger partial charge in [-0.1, -0.05) is 6.07 Å². The number of anilines is 1. The van der Waals surface area contributed by atoms with E-state index in [1.807, 2.05) is 13.0 Å². The molecule has 0 aromatic heterocycles. The van der Waals surface area contributed by atoms with Gasteiger partial charge in [0.25, 0.3) is 10.0 Å². The Hall–Kier alpha value is -1.36. The van der Waals surface area contributed by atoms with Crippen molar-refractivity contribution in [2.45, 2.75) is 11.8 Å². The summed E-state index contributed by atoms with van der Waals surface area (Å²) < 4.78 is 26.6. The van der Waals surface area contributed by atoms with E-state index in [1.165, 1.54) is 6.34 Å². The predicted molar refractivity (Wildman–Crippen MR) is 55.3 cm³/mol. The Morgan fingerprint density at radius 2 is 2.07 bits per heavy atom. The van der Waals surface area contributed by atoms with Crippen molar-refractivity contribution in [2.75, 3.05) is 11.9 Å². The van der Waals surface area contributed by atoms with E-state index in [-0.39, 0.29) is 4.90 Å². The number of nitrogens with zero attached hydrogens (tertiary/aromatic N) is 2. The third-order valence-electron chi connectivity index (χ3n) is 2.13. The fourth-order valence-electron chi connectivity index (χ4n) is 1.37. The molecule has 2 rings (SSSR count). The molecule has 0 fully saturated rings. The maximum absolute atomic E-state index is 11.5. The SMILES string of the molecule is Cc1ccc2c(c1)S(=O)(=O)N=CN2C. The van der Waals surface area contributed by atoms with E-state index in [4.69, 9.17) is 0 Å². The van der Waals surface area contributed by atoms with Crippen molar-refractivity contribution in [1.82, 2.24) is 0 Å². The number of hydrogen-bond donors (Lipinski definition) is 0. The largest absolute Gasteiger partial charge is 0.334 e. The predicted octanol–water partition coefficient (Wildman–Crippen LogP) is 1.16. The van der Waals surface area contributed by atoms with Gasteiger partial charge in [0.2, 0.25) is 0 Å². The molecule has 0 bridgehead atoms. The van der Waals surface area contributed by atoms with Gasteiger partial charge in [0, 0.05) is 7.05 Å². The van der Waals surface area contributed by atoms with E-state index in [2.05, 4.69) is 4.40 Å². The van der Waals surface area contributed by atoms with Crippen LogP contribution < -0.4 is 4.90 Å². The molecule has 1 aliphatic heterocycles. The standard InChI is InChI=1S/C9H10N2O2S/c1-7-3-4-8-9(5-7)14(12,13)10-6-11(8)2/h3-6H,1-2H3.